The second-order valence-corrected chi connectivity index (χ2v) is 15.1. The third kappa shape index (κ3) is 17.5. The molecule has 2 aliphatic rings. The number of hydrogen-bond acceptors (Lipinski definition) is 13. The smallest absolute Gasteiger partial charge is 0.306 e. The SMILES string of the molecule is CCCCCCCCCCCCCC(=O)OC[C@H]1O[C@@](CO)(O[C@@H]2O[C@@H](CO)[C@H](O)[C@@H](O)[C@@H]2O)[C@@H](O)[C@@H]1OC(=O)CCCCCCCCCCCCC. The molecule has 0 aromatic carbocycles. The monoisotopic (exact) mass is 763 g/mol. The summed E-state index contributed by atoms with van der Waals surface area (Å²) in [5.41, 5.74) is 0. The van der Waals surface area contributed by atoms with Crippen molar-refractivity contribution < 1.29 is 63.9 Å². The van der Waals surface area contributed by atoms with Gasteiger partial charge in [0.2, 0.25) is 5.79 Å². The predicted octanol–water partition coefficient (Wildman–Crippen LogP) is 5.11. The number of rotatable bonds is 31. The molecule has 0 spiro atoms. The fourth-order valence-corrected chi connectivity index (χ4v) is 7.07. The number of ether oxygens (including phenoxy) is 5. The number of aliphatic hydroxyl groups excluding tert-OH is 6. The summed E-state index contributed by atoms with van der Waals surface area (Å²) in [7, 11) is 0. The molecule has 0 aromatic heterocycles. The van der Waals surface area contributed by atoms with E-state index in [1.165, 1.54) is 89.9 Å². The number of esters is 2. The van der Waals surface area contributed by atoms with E-state index in [0.29, 0.717) is 12.8 Å². The lowest BCUT2D eigenvalue weighted by Crippen LogP contribution is -2.62. The second kappa shape index (κ2) is 28.0. The quantitative estimate of drug-likeness (QED) is 0.0403. The average molecular weight is 763 g/mol. The average Bonchev–Trinajstić information content (AvgIpc) is 3.41. The molecule has 6 N–H and O–H groups in total. The minimum atomic E-state index is -2.33. The molecule has 0 aromatic rings. The Hall–Kier alpha value is -1.42. The van der Waals surface area contributed by atoms with Gasteiger partial charge in [0.05, 0.1) is 6.61 Å². The van der Waals surface area contributed by atoms with Gasteiger partial charge in [-0.2, -0.15) is 0 Å². The molecule has 9 atom stereocenters. The fraction of sp³-hybridized carbons (Fsp3) is 0.950. The molecule has 13 heteroatoms. The zero-order valence-electron chi connectivity index (χ0n) is 32.8. The van der Waals surface area contributed by atoms with Crippen molar-refractivity contribution in [1.82, 2.24) is 0 Å². The topological polar surface area (TPSA) is 202 Å². The van der Waals surface area contributed by atoms with Gasteiger partial charge >= 0.3 is 11.9 Å². The Kier molecular flexibility index (Phi) is 25.3. The van der Waals surface area contributed by atoms with E-state index >= 15 is 0 Å². The van der Waals surface area contributed by atoms with Crippen molar-refractivity contribution in [2.45, 2.75) is 223 Å². The zero-order chi connectivity index (χ0) is 38.9. The molecule has 2 saturated heterocycles. The number of hydrogen-bond donors (Lipinski definition) is 6. The molecule has 312 valence electrons. The highest BCUT2D eigenvalue weighted by Crippen LogP contribution is 2.38. The highest BCUT2D eigenvalue weighted by atomic mass is 16.8. The van der Waals surface area contributed by atoms with Gasteiger partial charge in [0, 0.05) is 12.8 Å². The van der Waals surface area contributed by atoms with Gasteiger partial charge < -0.3 is 54.3 Å². The largest absolute Gasteiger partial charge is 0.463 e. The van der Waals surface area contributed by atoms with Gasteiger partial charge in [0.15, 0.2) is 12.4 Å². The van der Waals surface area contributed by atoms with Crippen LogP contribution in [-0.4, -0.2) is 117 Å². The Morgan fingerprint density at radius 2 is 1.04 bits per heavy atom. The molecule has 0 amide bonds. The van der Waals surface area contributed by atoms with E-state index in [9.17, 15) is 40.2 Å². The van der Waals surface area contributed by atoms with Crippen LogP contribution in [0.25, 0.3) is 0 Å². The van der Waals surface area contributed by atoms with Crippen LogP contribution in [0.1, 0.15) is 168 Å². The van der Waals surface area contributed by atoms with E-state index in [-0.39, 0.29) is 12.8 Å². The summed E-state index contributed by atoms with van der Waals surface area (Å²) < 4.78 is 28.2. The fourth-order valence-electron chi connectivity index (χ4n) is 7.07. The van der Waals surface area contributed by atoms with Crippen LogP contribution in [0.4, 0.5) is 0 Å². The summed E-state index contributed by atoms with van der Waals surface area (Å²) in [4.78, 5) is 25.6. The molecule has 2 heterocycles. The standard InChI is InChI=1S/C40H74O13/c1-3-5-7-9-11-13-15-17-19-21-23-25-32(43)49-28-31-37(51-33(44)26-24-22-20-18-16-14-12-10-8-6-4-2)38(48)40(29-42,52-31)53-39-36(47)35(46)34(45)30(27-41)50-39/h30-31,34-39,41-42,45-48H,3-29H2,1-2H3/t30-,31+,34-,35+,36-,37+,38-,39-,40-/m0/s1. The first-order chi connectivity index (χ1) is 25.6. The Balaban J connectivity index is 1.90. The van der Waals surface area contributed by atoms with Crippen molar-refractivity contribution in [2.24, 2.45) is 0 Å². The van der Waals surface area contributed by atoms with Crippen LogP contribution in [0.5, 0.6) is 0 Å². The van der Waals surface area contributed by atoms with Crippen LogP contribution in [0.2, 0.25) is 0 Å². The molecule has 0 saturated carbocycles. The van der Waals surface area contributed by atoms with Crippen molar-refractivity contribution in [2.75, 3.05) is 19.8 Å². The first-order valence-corrected chi connectivity index (χ1v) is 20.9. The normalized spacial score (nSPS) is 28.7. The number of aliphatic hydroxyl groups is 6. The van der Waals surface area contributed by atoms with E-state index in [4.69, 9.17) is 23.7 Å². The van der Waals surface area contributed by atoms with Crippen molar-refractivity contribution >= 4 is 11.9 Å². The Morgan fingerprint density at radius 3 is 1.49 bits per heavy atom. The number of carbonyl (C=O) groups is 2. The summed E-state index contributed by atoms with van der Waals surface area (Å²) in [5.74, 6) is -3.42. The van der Waals surface area contributed by atoms with Gasteiger partial charge in [-0.1, -0.05) is 142 Å². The van der Waals surface area contributed by atoms with Gasteiger partial charge in [0.1, 0.15) is 49.8 Å². The Bertz CT molecular complexity index is 952. The van der Waals surface area contributed by atoms with Crippen LogP contribution in [0, 0.1) is 0 Å². The molecule has 2 rings (SSSR count). The van der Waals surface area contributed by atoms with Crippen molar-refractivity contribution in [3.63, 3.8) is 0 Å². The van der Waals surface area contributed by atoms with Crippen LogP contribution >= 0.6 is 0 Å². The number of unbranched alkanes of at least 4 members (excludes halogenated alkanes) is 20. The first kappa shape index (κ1) is 47.7. The van der Waals surface area contributed by atoms with E-state index in [0.717, 1.165) is 38.5 Å². The Morgan fingerprint density at radius 1 is 0.585 bits per heavy atom. The molecule has 13 nitrogen and oxygen atoms in total. The van der Waals surface area contributed by atoms with Gasteiger partial charge in [-0.25, -0.2) is 0 Å². The molecule has 0 bridgehead atoms. The summed E-state index contributed by atoms with van der Waals surface area (Å²) in [6.07, 6.45) is 12.2. The minimum Gasteiger partial charge on any atom is -0.463 e. The van der Waals surface area contributed by atoms with Crippen molar-refractivity contribution in [3.8, 4) is 0 Å². The lowest BCUT2D eigenvalue weighted by molar-refractivity contribution is -0.383. The molecular formula is C40H74O13. The van der Waals surface area contributed by atoms with Crippen LogP contribution in [0.3, 0.4) is 0 Å². The minimum absolute atomic E-state index is 0.0886. The summed E-state index contributed by atoms with van der Waals surface area (Å²) >= 11 is 0. The molecular weight excluding hydrogens is 688 g/mol. The molecule has 0 aliphatic carbocycles. The molecule has 53 heavy (non-hydrogen) atoms. The van der Waals surface area contributed by atoms with E-state index < -0.39 is 86.6 Å². The van der Waals surface area contributed by atoms with Crippen molar-refractivity contribution in [1.29, 1.82) is 0 Å². The van der Waals surface area contributed by atoms with Gasteiger partial charge in [-0.15, -0.1) is 0 Å². The third-order valence-electron chi connectivity index (χ3n) is 10.5. The van der Waals surface area contributed by atoms with Gasteiger partial charge in [-0.05, 0) is 12.8 Å². The highest BCUT2D eigenvalue weighted by Gasteiger charge is 2.60. The van der Waals surface area contributed by atoms with E-state index in [1.807, 2.05) is 0 Å². The molecule has 0 unspecified atom stereocenters. The maximum atomic E-state index is 13.0. The summed E-state index contributed by atoms with van der Waals surface area (Å²) in [6, 6.07) is 0. The highest BCUT2D eigenvalue weighted by molar-refractivity contribution is 5.70. The van der Waals surface area contributed by atoms with Gasteiger partial charge in [-0.3, -0.25) is 9.59 Å². The van der Waals surface area contributed by atoms with Crippen LogP contribution in [0.15, 0.2) is 0 Å². The molecule has 0 radical (unpaired) electrons. The second-order valence-electron chi connectivity index (χ2n) is 15.1. The molecule has 2 fully saturated rings. The third-order valence-corrected chi connectivity index (χ3v) is 10.5. The predicted molar refractivity (Wildman–Crippen MR) is 199 cm³/mol. The van der Waals surface area contributed by atoms with E-state index in [2.05, 4.69) is 13.8 Å². The maximum Gasteiger partial charge on any atom is 0.306 e. The van der Waals surface area contributed by atoms with Gasteiger partial charge in [0.25, 0.3) is 0 Å². The first-order valence-electron chi connectivity index (χ1n) is 20.9. The number of carbonyl (C=O) groups excluding carboxylic acids is 2. The Labute approximate surface area is 318 Å². The zero-order valence-corrected chi connectivity index (χ0v) is 32.8. The summed E-state index contributed by atoms with van der Waals surface area (Å²) in [5, 5.41) is 62.4. The molecule has 2 aliphatic heterocycles. The maximum absolute atomic E-state index is 13.0. The van der Waals surface area contributed by atoms with E-state index in [1.54, 1.807) is 0 Å². The van der Waals surface area contributed by atoms with Crippen LogP contribution < -0.4 is 0 Å². The van der Waals surface area contributed by atoms with Crippen molar-refractivity contribution in [3.05, 3.63) is 0 Å². The van der Waals surface area contributed by atoms with Crippen LogP contribution in [-0.2, 0) is 33.3 Å². The summed E-state index contributed by atoms with van der Waals surface area (Å²) in [6.45, 7) is 2.28. The lowest BCUT2D eigenvalue weighted by Gasteiger charge is -2.43. The lowest BCUT2D eigenvalue weighted by atomic mass is 9.99.